The Bertz CT molecular complexity index is 1410. The molecule has 0 atom stereocenters. The summed E-state index contributed by atoms with van der Waals surface area (Å²) in [5, 5.41) is 11.8. The molecule has 0 bridgehead atoms. The van der Waals surface area contributed by atoms with Crippen LogP contribution in [0.5, 0.6) is 0 Å². The second kappa shape index (κ2) is 8.67. The van der Waals surface area contributed by atoms with Crippen molar-refractivity contribution in [3.63, 3.8) is 0 Å². The molecule has 7 nitrogen and oxygen atoms in total. The van der Waals surface area contributed by atoms with Crippen LogP contribution >= 0.6 is 11.6 Å². The van der Waals surface area contributed by atoms with E-state index < -0.39 is 23.2 Å². The number of nitrogens with zero attached hydrogens (tertiary/aromatic N) is 5. The molecule has 1 aromatic carbocycles. The van der Waals surface area contributed by atoms with Gasteiger partial charge in [0.15, 0.2) is 11.3 Å². The first-order chi connectivity index (χ1) is 16.2. The Morgan fingerprint density at radius 2 is 1.71 bits per heavy atom. The van der Waals surface area contributed by atoms with Crippen LogP contribution in [0.25, 0.3) is 5.65 Å². The molecule has 0 aliphatic rings. The Hall–Kier alpha value is -3.40. The largest absolute Gasteiger partial charge is 0.433 e. The fourth-order valence-corrected chi connectivity index (χ4v) is 3.77. The van der Waals surface area contributed by atoms with Crippen LogP contribution in [0.15, 0.2) is 36.4 Å². The average Bonchev–Trinajstić information content (AvgIpc) is 3.30. The molecule has 184 valence electrons. The van der Waals surface area contributed by atoms with Gasteiger partial charge >= 0.3 is 6.18 Å². The number of nitrogens with one attached hydrogen (secondary N) is 1. The zero-order valence-corrected chi connectivity index (χ0v) is 20.6. The molecule has 1 N–H and O–H groups in total. The van der Waals surface area contributed by atoms with Gasteiger partial charge in [-0.2, -0.15) is 23.4 Å². The highest BCUT2D eigenvalue weighted by molar-refractivity contribution is 6.30. The van der Waals surface area contributed by atoms with Crippen LogP contribution < -0.4 is 5.32 Å². The molecule has 0 aliphatic carbocycles. The third-order valence-corrected chi connectivity index (χ3v) is 5.84. The molecule has 11 heteroatoms. The van der Waals surface area contributed by atoms with Crippen LogP contribution in [0, 0.1) is 13.8 Å². The molecule has 3 aromatic heterocycles. The summed E-state index contributed by atoms with van der Waals surface area (Å²) in [7, 11) is 0. The van der Waals surface area contributed by atoms with Gasteiger partial charge in [-0.3, -0.25) is 9.48 Å². The minimum atomic E-state index is -4.67. The molecule has 1 amide bonds. The van der Waals surface area contributed by atoms with Crippen molar-refractivity contribution in [3.8, 4) is 0 Å². The molecule has 35 heavy (non-hydrogen) atoms. The van der Waals surface area contributed by atoms with Gasteiger partial charge in [0.05, 0.1) is 29.3 Å². The van der Waals surface area contributed by atoms with Gasteiger partial charge in [-0.1, -0.05) is 44.5 Å². The molecule has 0 saturated heterocycles. The summed E-state index contributed by atoms with van der Waals surface area (Å²) in [5.74, 6) is -0.654. The molecule has 0 unspecified atom stereocenters. The number of halogens is 4. The monoisotopic (exact) mass is 504 g/mol. The highest BCUT2D eigenvalue weighted by Gasteiger charge is 2.36. The lowest BCUT2D eigenvalue weighted by Crippen LogP contribution is -2.20. The fraction of sp³-hybridized carbons (Fsp3) is 0.333. The molecular formula is C24H24ClF3N6O. The zero-order chi connectivity index (χ0) is 25.7. The molecule has 3 heterocycles. The Morgan fingerprint density at radius 1 is 1.06 bits per heavy atom. The van der Waals surface area contributed by atoms with E-state index in [4.69, 9.17) is 11.6 Å². The van der Waals surface area contributed by atoms with E-state index in [0.717, 1.165) is 11.6 Å². The van der Waals surface area contributed by atoms with Gasteiger partial charge in [-0.15, -0.1) is 0 Å². The van der Waals surface area contributed by atoms with Crippen molar-refractivity contribution in [2.24, 2.45) is 0 Å². The Kier molecular flexibility index (Phi) is 6.12. The van der Waals surface area contributed by atoms with E-state index >= 15 is 0 Å². The van der Waals surface area contributed by atoms with Crippen molar-refractivity contribution in [3.05, 3.63) is 75.5 Å². The molecule has 0 radical (unpaired) electrons. The topological polar surface area (TPSA) is 77.1 Å². The average molecular weight is 505 g/mol. The molecule has 4 aromatic rings. The van der Waals surface area contributed by atoms with E-state index in [1.807, 2.05) is 12.1 Å². The summed E-state index contributed by atoms with van der Waals surface area (Å²) in [6.45, 7) is 9.30. The van der Waals surface area contributed by atoms with Gasteiger partial charge in [-0.05, 0) is 37.6 Å². The number of alkyl halides is 3. The van der Waals surface area contributed by atoms with Crippen molar-refractivity contribution in [2.75, 3.05) is 5.32 Å². The number of carbonyl (C=O) groups excluding carboxylic acids is 1. The van der Waals surface area contributed by atoms with Crippen LogP contribution in [0.4, 0.5) is 18.9 Å². The smallest absolute Gasteiger partial charge is 0.317 e. The van der Waals surface area contributed by atoms with Gasteiger partial charge in [0.1, 0.15) is 5.69 Å². The van der Waals surface area contributed by atoms with Crippen molar-refractivity contribution < 1.29 is 18.0 Å². The maximum atomic E-state index is 13.7. The molecular weight excluding hydrogens is 481 g/mol. The van der Waals surface area contributed by atoms with Gasteiger partial charge < -0.3 is 5.32 Å². The van der Waals surface area contributed by atoms with E-state index in [9.17, 15) is 18.0 Å². The number of fused-ring (bicyclic) bond motifs is 1. The summed E-state index contributed by atoms with van der Waals surface area (Å²) in [6, 6.07) is 9.54. The van der Waals surface area contributed by atoms with E-state index in [-0.39, 0.29) is 17.0 Å². The first kappa shape index (κ1) is 24.7. The Morgan fingerprint density at radius 3 is 2.31 bits per heavy atom. The maximum absolute atomic E-state index is 13.7. The minimum Gasteiger partial charge on any atom is -0.317 e. The Balaban J connectivity index is 1.66. The van der Waals surface area contributed by atoms with Crippen LogP contribution in [0.3, 0.4) is 0 Å². The summed E-state index contributed by atoms with van der Waals surface area (Å²) < 4.78 is 43.6. The normalized spacial score (nSPS) is 12.4. The van der Waals surface area contributed by atoms with E-state index in [2.05, 4.69) is 20.5 Å². The number of rotatable bonds is 4. The van der Waals surface area contributed by atoms with Crippen LogP contribution in [0.1, 0.15) is 59.6 Å². The van der Waals surface area contributed by atoms with Gasteiger partial charge in [0.2, 0.25) is 0 Å². The first-order valence-electron chi connectivity index (χ1n) is 10.8. The number of aryl methyl sites for hydroxylation is 1. The number of benzene rings is 1. The van der Waals surface area contributed by atoms with Gasteiger partial charge in [0.25, 0.3) is 5.91 Å². The van der Waals surface area contributed by atoms with Crippen LogP contribution in [-0.2, 0) is 18.1 Å². The first-order valence-corrected chi connectivity index (χ1v) is 11.2. The summed E-state index contributed by atoms with van der Waals surface area (Å²) in [6.07, 6.45) is -4.67. The second-order valence-electron chi connectivity index (χ2n) is 9.36. The predicted octanol–water partition coefficient (Wildman–Crippen LogP) is 5.81. The molecule has 0 saturated carbocycles. The van der Waals surface area contributed by atoms with Crippen molar-refractivity contribution in [1.29, 1.82) is 0 Å². The number of aromatic nitrogens is 5. The maximum Gasteiger partial charge on any atom is 0.433 e. The van der Waals surface area contributed by atoms with Crippen molar-refractivity contribution >= 4 is 28.8 Å². The lowest BCUT2D eigenvalue weighted by molar-refractivity contribution is -0.142. The molecule has 0 fully saturated rings. The SMILES string of the molecule is Cc1nn(Cc2ccc(Cl)cc2)c(C)c1NC(=O)c1cc2nc(C(C)(C)C)cc(C(F)(F)F)n2n1. The number of amides is 1. The van der Waals surface area contributed by atoms with Crippen molar-refractivity contribution in [1.82, 2.24) is 24.4 Å². The summed E-state index contributed by atoms with van der Waals surface area (Å²) in [5.41, 5.74) is 1.10. The van der Waals surface area contributed by atoms with Crippen molar-refractivity contribution in [2.45, 2.75) is 52.8 Å². The number of anilines is 1. The van der Waals surface area contributed by atoms with Gasteiger partial charge in [0, 0.05) is 16.5 Å². The van der Waals surface area contributed by atoms with E-state index in [1.165, 1.54) is 6.07 Å². The standard InChI is InChI=1S/C24H24ClF3N6O/c1-13-21(14(2)33(31-13)12-15-6-8-16(25)9-7-15)30-22(35)17-10-20-29-18(23(3,4)5)11-19(24(26,27)28)34(20)32-17/h6-11H,12H2,1-5H3,(H,30,35). The number of hydrogen-bond acceptors (Lipinski definition) is 4. The summed E-state index contributed by atoms with van der Waals surface area (Å²) >= 11 is 5.94. The van der Waals surface area contributed by atoms with E-state index in [1.54, 1.807) is 51.4 Å². The highest BCUT2D eigenvalue weighted by atomic mass is 35.5. The van der Waals surface area contributed by atoms with Crippen LogP contribution in [0.2, 0.25) is 5.02 Å². The number of hydrogen-bond donors (Lipinski definition) is 1. The number of carbonyl (C=O) groups is 1. The molecule has 0 spiro atoms. The predicted molar refractivity (Wildman–Crippen MR) is 127 cm³/mol. The Labute approximate surface area is 204 Å². The third-order valence-electron chi connectivity index (χ3n) is 5.58. The second-order valence-corrected chi connectivity index (χ2v) is 9.79. The molecule has 0 aliphatic heterocycles. The van der Waals surface area contributed by atoms with Crippen LogP contribution in [-0.4, -0.2) is 30.3 Å². The summed E-state index contributed by atoms with van der Waals surface area (Å²) in [4.78, 5) is 17.3. The van der Waals surface area contributed by atoms with Gasteiger partial charge in [-0.25, -0.2) is 9.50 Å². The quantitative estimate of drug-likeness (QED) is 0.380. The minimum absolute atomic E-state index is 0.0539. The fourth-order valence-electron chi connectivity index (χ4n) is 3.64. The zero-order valence-electron chi connectivity index (χ0n) is 19.8. The lowest BCUT2D eigenvalue weighted by Gasteiger charge is -2.19. The molecule has 4 rings (SSSR count). The highest BCUT2D eigenvalue weighted by Crippen LogP contribution is 2.33. The third kappa shape index (κ3) is 5.02. The van der Waals surface area contributed by atoms with E-state index in [0.29, 0.717) is 33.2 Å². The lowest BCUT2D eigenvalue weighted by atomic mass is 9.91.